The van der Waals surface area contributed by atoms with Crippen LogP contribution in [0.4, 0.5) is 0 Å². The van der Waals surface area contributed by atoms with Gasteiger partial charge in [-0.3, -0.25) is 0 Å². The van der Waals surface area contributed by atoms with E-state index >= 15 is 0 Å². The van der Waals surface area contributed by atoms with Crippen molar-refractivity contribution in [3.8, 4) is 89.5 Å². The van der Waals surface area contributed by atoms with Crippen LogP contribution in [0.25, 0.3) is 111 Å². The van der Waals surface area contributed by atoms with Crippen LogP contribution in [0.15, 0.2) is 206 Å². The monoisotopic (exact) mass is 710 g/mol. The van der Waals surface area contributed by atoms with E-state index < -0.39 is 0 Å². The molecule has 0 fully saturated rings. The van der Waals surface area contributed by atoms with Crippen LogP contribution in [0.1, 0.15) is 0 Å². The van der Waals surface area contributed by atoms with Crippen molar-refractivity contribution in [2.45, 2.75) is 0 Å². The van der Waals surface area contributed by atoms with Crippen LogP contribution in [-0.2, 0) is 0 Å². The Bertz CT molecular complexity index is 3060. The molecule has 0 saturated heterocycles. The average molecular weight is 711 g/mol. The van der Waals surface area contributed by atoms with Crippen LogP contribution < -0.4 is 0 Å². The molecule has 0 spiro atoms. The molecule has 0 saturated carbocycles. The van der Waals surface area contributed by atoms with Crippen LogP contribution in [0, 0.1) is 0 Å². The summed E-state index contributed by atoms with van der Waals surface area (Å²) in [6.45, 7) is 0. The minimum atomic E-state index is 0.710. The molecule has 0 unspecified atom stereocenters. The number of benzene rings is 9. The smallest absolute Gasteiger partial charge is 0.160 e. The first-order chi connectivity index (χ1) is 27.7. The Morgan fingerprint density at radius 2 is 0.821 bits per heavy atom. The summed E-state index contributed by atoms with van der Waals surface area (Å²) in [4.78, 5) is 10.2. The first-order valence-electron chi connectivity index (χ1n) is 19.1. The fourth-order valence-electron chi connectivity index (χ4n) is 8.56. The first kappa shape index (κ1) is 32.0. The third kappa shape index (κ3) is 5.42. The molecule has 11 rings (SSSR count). The third-order valence-electron chi connectivity index (χ3n) is 11.2. The van der Waals surface area contributed by atoms with Crippen LogP contribution in [-0.4, -0.2) is 9.97 Å². The third-order valence-corrected chi connectivity index (χ3v) is 11.2. The molecule has 0 radical (unpaired) electrons. The van der Waals surface area contributed by atoms with Crippen LogP contribution >= 0.6 is 0 Å². The molecule has 0 N–H and O–H groups in total. The van der Waals surface area contributed by atoms with Gasteiger partial charge in [-0.15, -0.1) is 0 Å². The van der Waals surface area contributed by atoms with Crippen molar-refractivity contribution >= 4 is 21.5 Å². The van der Waals surface area contributed by atoms with Crippen LogP contribution in [0.5, 0.6) is 0 Å². The lowest BCUT2D eigenvalue weighted by atomic mass is 9.88. The quantitative estimate of drug-likeness (QED) is 0.172. The van der Waals surface area contributed by atoms with Crippen molar-refractivity contribution in [3.63, 3.8) is 0 Å². The molecule has 1 heterocycles. The van der Waals surface area contributed by atoms with Crippen LogP contribution in [0.3, 0.4) is 0 Å². The van der Waals surface area contributed by atoms with E-state index in [9.17, 15) is 0 Å². The van der Waals surface area contributed by atoms with E-state index in [0.29, 0.717) is 5.82 Å². The van der Waals surface area contributed by atoms with E-state index in [2.05, 4.69) is 182 Å². The molecular formula is C54H34N2. The molecule has 0 amide bonds. The number of hydrogen-bond donors (Lipinski definition) is 0. The summed E-state index contributed by atoms with van der Waals surface area (Å²) in [6, 6.07) is 74.1. The molecule has 1 aliphatic carbocycles. The average Bonchev–Trinajstić information content (AvgIpc) is 3.60. The van der Waals surface area contributed by atoms with Gasteiger partial charge in [0.1, 0.15) is 0 Å². The molecule has 2 nitrogen and oxygen atoms in total. The highest BCUT2D eigenvalue weighted by Crippen LogP contribution is 2.48. The lowest BCUT2D eigenvalue weighted by molar-refractivity contribution is 1.18. The van der Waals surface area contributed by atoms with Crippen molar-refractivity contribution in [2.75, 3.05) is 0 Å². The summed E-state index contributed by atoms with van der Waals surface area (Å²) in [6.07, 6.45) is 0. The normalized spacial score (nSPS) is 11.6. The predicted octanol–water partition coefficient (Wildman–Crippen LogP) is 14.4. The maximum Gasteiger partial charge on any atom is 0.160 e. The molecule has 0 bridgehead atoms. The van der Waals surface area contributed by atoms with Crippen LogP contribution in [0.2, 0.25) is 0 Å². The second kappa shape index (κ2) is 13.2. The van der Waals surface area contributed by atoms with E-state index in [1.807, 2.05) is 24.3 Å². The summed E-state index contributed by atoms with van der Waals surface area (Å²) < 4.78 is 0. The zero-order valence-electron chi connectivity index (χ0n) is 30.5. The zero-order valence-corrected chi connectivity index (χ0v) is 30.5. The summed E-state index contributed by atoms with van der Waals surface area (Å²) in [5.41, 5.74) is 17.3. The van der Waals surface area contributed by atoms with Gasteiger partial charge in [0.05, 0.1) is 11.4 Å². The van der Waals surface area contributed by atoms with Crippen molar-refractivity contribution in [1.29, 1.82) is 0 Å². The molecule has 56 heavy (non-hydrogen) atoms. The molecule has 0 aliphatic heterocycles. The number of rotatable bonds is 6. The van der Waals surface area contributed by atoms with Crippen molar-refractivity contribution < 1.29 is 0 Å². The van der Waals surface area contributed by atoms with Gasteiger partial charge in [0.15, 0.2) is 5.82 Å². The van der Waals surface area contributed by atoms with Crippen molar-refractivity contribution in [3.05, 3.63) is 206 Å². The topological polar surface area (TPSA) is 25.8 Å². The molecule has 2 heteroatoms. The van der Waals surface area contributed by atoms with Gasteiger partial charge in [0.2, 0.25) is 0 Å². The van der Waals surface area contributed by atoms with Gasteiger partial charge in [-0.1, -0.05) is 182 Å². The highest BCUT2D eigenvalue weighted by Gasteiger charge is 2.22. The maximum absolute atomic E-state index is 5.16. The molecule has 9 aromatic carbocycles. The molecular weight excluding hydrogens is 677 g/mol. The van der Waals surface area contributed by atoms with E-state index in [4.69, 9.17) is 9.97 Å². The van der Waals surface area contributed by atoms with Gasteiger partial charge < -0.3 is 0 Å². The lowest BCUT2D eigenvalue weighted by Crippen LogP contribution is -1.96. The van der Waals surface area contributed by atoms with Gasteiger partial charge in [-0.05, 0) is 101 Å². The van der Waals surface area contributed by atoms with Gasteiger partial charge in [0.25, 0.3) is 0 Å². The minimum absolute atomic E-state index is 0.710. The number of nitrogens with zero attached hydrogens (tertiary/aromatic N) is 2. The fourth-order valence-corrected chi connectivity index (χ4v) is 8.56. The molecule has 1 aliphatic rings. The highest BCUT2D eigenvalue weighted by atomic mass is 14.9. The Labute approximate surface area is 326 Å². The Morgan fingerprint density at radius 3 is 1.62 bits per heavy atom. The van der Waals surface area contributed by atoms with Gasteiger partial charge in [-0.25, -0.2) is 9.97 Å². The predicted molar refractivity (Wildman–Crippen MR) is 234 cm³/mol. The largest absolute Gasteiger partial charge is 0.228 e. The van der Waals surface area contributed by atoms with E-state index in [0.717, 1.165) is 33.6 Å². The molecule has 0 atom stereocenters. The van der Waals surface area contributed by atoms with Gasteiger partial charge in [0, 0.05) is 16.7 Å². The van der Waals surface area contributed by atoms with E-state index in [-0.39, 0.29) is 0 Å². The molecule has 1 aromatic heterocycles. The lowest BCUT2D eigenvalue weighted by Gasteiger charge is -2.16. The number of fused-ring (bicyclic) bond motifs is 4. The Hall–Kier alpha value is -7.42. The Morgan fingerprint density at radius 1 is 0.268 bits per heavy atom. The minimum Gasteiger partial charge on any atom is -0.228 e. The Kier molecular flexibility index (Phi) is 7.53. The first-order valence-corrected chi connectivity index (χ1v) is 19.1. The molecule has 260 valence electrons. The SMILES string of the molecule is c1ccc(-c2cc(-c3cccc(-c4c(-c5cccc(-c6ccc7c(c6)-c6cccc8cccc-7c68)c5)ccc5ccccc45)c3)nc(-c3ccccc3)n2)cc1. The Balaban J connectivity index is 1.04. The van der Waals surface area contributed by atoms with Gasteiger partial charge >= 0.3 is 0 Å². The zero-order chi connectivity index (χ0) is 37.0. The molecule has 10 aromatic rings. The van der Waals surface area contributed by atoms with Crippen molar-refractivity contribution in [1.82, 2.24) is 9.97 Å². The number of hydrogen-bond acceptors (Lipinski definition) is 2. The summed E-state index contributed by atoms with van der Waals surface area (Å²) in [5.74, 6) is 0.710. The van der Waals surface area contributed by atoms with Crippen molar-refractivity contribution in [2.24, 2.45) is 0 Å². The van der Waals surface area contributed by atoms with E-state index in [1.54, 1.807) is 0 Å². The second-order valence-corrected chi connectivity index (χ2v) is 14.5. The van der Waals surface area contributed by atoms with E-state index in [1.165, 1.54) is 71.6 Å². The summed E-state index contributed by atoms with van der Waals surface area (Å²) >= 11 is 0. The second-order valence-electron chi connectivity index (χ2n) is 14.5. The summed E-state index contributed by atoms with van der Waals surface area (Å²) in [7, 11) is 0. The van der Waals surface area contributed by atoms with Gasteiger partial charge in [-0.2, -0.15) is 0 Å². The highest BCUT2D eigenvalue weighted by molar-refractivity contribution is 6.15. The standard InChI is InChI=1S/C54H34N2/c1-3-14-36(15-4-1)50-34-51(56-54(55-50)38-16-5-2-6-17-38)42-22-10-23-43(32-42)53-44-24-8-7-13-35(44)27-29-45(53)41-21-9-20-39(31-41)40-28-30-46-47-25-11-18-37-19-12-26-48(52(37)47)49(46)33-40/h1-34H. The summed E-state index contributed by atoms with van der Waals surface area (Å²) in [5, 5.41) is 5.07. The maximum atomic E-state index is 5.16. The number of aromatic nitrogens is 2. The fraction of sp³-hybridized carbons (Fsp3) is 0.